The fraction of sp³-hybridized carbons (Fsp3) is 0.412. The van der Waals surface area contributed by atoms with Crippen LogP contribution < -0.4 is 16.6 Å². The summed E-state index contributed by atoms with van der Waals surface area (Å²) in [5.41, 5.74) is 9.79. The van der Waals surface area contributed by atoms with E-state index in [2.05, 4.69) is 10.3 Å². The van der Waals surface area contributed by atoms with Gasteiger partial charge in [0.15, 0.2) is 0 Å². The Hall–Kier alpha value is -2.38. The molecular weight excluding hydrogens is 306 g/mol. The van der Waals surface area contributed by atoms with Crippen molar-refractivity contribution in [1.29, 1.82) is 0 Å². The third-order valence-electron chi connectivity index (χ3n) is 4.49. The van der Waals surface area contributed by atoms with E-state index in [4.69, 9.17) is 5.73 Å². The predicted octanol–water partition coefficient (Wildman–Crippen LogP) is 0.496. The molecule has 0 bridgehead atoms. The number of nitrogen functional groups attached to an aromatic ring is 1. The summed E-state index contributed by atoms with van der Waals surface area (Å²) in [5.74, 6) is -0.378. The molecule has 3 N–H and O–H groups in total. The number of piperazine rings is 1. The lowest BCUT2D eigenvalue weighted by Crippen LogP contribution is -2.53. The number of nitrogens with one attached hydrogen (secondary N) is 1. The van der Waals surface area contributed by atoms with Crippen molar-refractivity contribution in [2.24, 2.45) is 0 Å². The highest BCUT2D eigenvalue weighted by Crippen LogP contribution is 2.18. The highest BCUT2D eigenvalue weighted by molar-refractivity contribution is 5.99. The van der Waals surface area contributed by atoms with Gasteiger partial charge in [0, 0.05) is 44.6 Å². The lowest BCUT2D eigenvalue weighted by Gasteiger charge is -2.32. The number of pyridine rings is 1. The lowest BCUT2D eigenvalue weighted by molar-refractivity contribution is 0.0661. The number of hydrogen-bond acceptors (Lipinski definition) is 5. The molecule has 0 atom stereocenters. The Labute approximate surface area is 140 Å². The van der Waals surface area contributed by atoms with Gasteiger partial charge in [0.2, 0.25) is 5.43 Å². The van der Waals surface area contributed by atoms with E-state index in [9.17, 15) is 9.59 Å². The summed E-state index contributed by atoms with van der Waals surface area (Å²) < 4.78 is 1.88. The SMILES string of the molecule is CCn1cc(C(=O)NN2CCN(C)CC2)c(=O)c2c(N)cccc21. The van der Waals surface area contributed by atoms with Crippen LogP contribution in [0.25, 0.3) is 10.9 Å². The van der Waals surface area contributed by atoms with E-state index in [0.29, 0.717) is 17.6 Å². The Morgan fingerprint density at radius 3 is 2.62 bits per heavy atom. The summed E-state index contributed by atoms with van der Waals surface area (Å²) in [5, 5.41) is 2.27. The largest absolute Gasteiger partial charge is 0.398 e. The molecule has 7 nitrogen and oxygen atoms in total. The number of aromatic nitrogens is 1. The number of benzene rings is 1. The third-order valence-corrected chi connectivity index (χ3v) is 4.49. The molecule has 7 heteroatoms. The highest BCUT2D eigenvalue weighted by Gasteiger charge is 2.20. The zero-order chi connectivity index (χ0) is 17.3. The molecule has 0 aliphatic carbocycles. The fourth-order valence-electron chi connectivity index (χ4n) is 3.01. The molecule has 2 aromatic rings. The molecule has 1 aliphatic rings. The number of amides is 1. The molecule has 1 saturated heterocycles. The summed E-state index contributed by atoms with van der Waals surface area (Å²) in [6.07, 6.45) is 1.62. The average molecular weight is 329 g/mol. The Morgan fingerprint density at radius 1 is 1.25 bits per heavy atom. The molecule has 2 heterocycles. The molecule has 1 aliphatic heterocycles. The van der Waals surface area contributed by atoms with Crippen LogP contribution in [0.3, 0.4) is 0 Å². The van der Waals surface area contributed by atoms with Crippen LogP contribution in [0.4, 0.5) is 5.69 Å². The van der Waals surface area contributed by atoms with Gasteiger partial charge in [-0.1, -0.05) is 6.07 Å². The summed E-state index contributed by atoms with van der Waals surface area (Å²) >= 11 is 0. The predicted molar refractivity (Wildman–Crippen MR) is 94.8 cm³/mol. The van der Waals surface area contributed by atoms with Gasteiger partial charge in [-0.05, 0) is 26.1 Å². The average Bonchev–Trinajstić information content (AvgIpc) is 2.57. The summed E-state index contributed by atoms with van der Waals surface area (Å²) in [6, 6.07) is 5.35. The number of nitrogens with zero attached hydrogens (tertiary/aromatic N) is 3. The quantitative estimate of drug-likeness (QED) is 0.801. The van der Waals surface area contributed by atoms with Crippen LogP contribution in [-0.2, 0) is 6.54 Å². The first-order chi connectivity index (χ1) is 11.5. The number of carbonyl (C=O) groups is 1. The fourth-order valence-corrected chi connectivity index (χ4v) is 3.01. The van der Waals surface area contributed by atoms with Gasteiger partial charge in [0.05, 0.1) is 10.9 Å². The zero-order valence-corrected chi connectivity index (χ0v) is 14.1. The minimum atomic E-state index is -0.378. The standard InChI is InChI=1S/C17H23N5O2/c1-3-21-11-12(16(23)15-13(18)5-4-6-14(15)21)17(24)19-22-9-7-20(2)8-10-22/h4-6,11H,3,7-10,18H2,1-2H3,(H,19,24). The van der Waals surface area contributed by atoms with Crippen LogP contribution in [-0.4, -0.2) is 53.6 Å². The summed E-state index contributed by atoms with van der Waals surface area (Å²) in [7, 11) is 2.05. The summed E-state index contributed by atoms with van der Waals surface area (Å²) in [6.45, 7) is 5.85. The summed E-state index contributed by atoms with van der Waals surface area (Å²) in [4.78, 5) is 27.6. The molecular formula is C17H23N5O2. The molecule has 1 fully saturated rings. The molecule has 0 unspecified atom stereocenters. The van der Waals surface area contributed by atoms with Crippen LogP contribution in [0.5, 0.6) is 0 Å². The van der Waals surface area contributed by atoms with E-state index >= 15 is 0 Å². The number of nitrogens with two attached hydrogens (primary N) is 1. The van der Waals surface area contributed by atoms with Gasteiger partial charge in [-0.2, -0.15) is 0 Å². The van der Waals surface area contributed by atoms with Gasteiger partial charge in [-0.25, -0.2) is 5.01 Å². The smallest absolute Gasteiger partial charge is 0.271 e. The Morgan fingerprint density at radius 2 is 1.96 bits per heavy atom. The van der Waals surface area contributed by atoms with Crippen molar-refractivity contribution in [2.75, 3.05) is 39.0 Å². The van der Waals surface area contributed by atoms with Crippen LogP contribution in [0, 0.1) is 0 Å². The highest BCUT2D eigenvalue weighted by atomic mass is 16.2. The van der Waals surface area contributed by atoms with E-state index in [1.54, 1.807) is 12.3 Å². The van der Waals surface area contributed by atoms with Gasteiger partial charge in [-0.3, -0.25) is 15.0 Å². The maximum Gasteiger partial charge on any atom is 0.271 e. The molecule has 24 heavy (non-hydrogen) atoms. The van der Waals surface area contributed by atoms with Crippen molar-refractivity contribution in [3.63, 3.8) is 0 Å². The van der Waals surface area contributed by atoms with Gasteiger partial charge in [-0.15, -0.1) is 0 Å². The molecule has 0 saturated carbocycles. The van der Waals surface area contributed by atoms with Crippen LogP contribution in [0.2, 0.25) is 0 Å². The number of anilines is 1. The number of hydrogen-bond donors (Lipinski definition) is 2. The normalized spacial score (nSPS) is 16.4. The van der Waals surface area contributed by atoms with E-state index in [0.717, 1.165) is 31.7 Å². The van der Waals surface area contributed by atoms with Gasteiger partial charge in [0.1, 0.15) is 5.56 Å². The Balaban J connectivity index is 1.97. The van der Waals surface area contributed by atoms with Crippen molar-refractivity contribution in [3.8, 4) is 0 Å². The van der Waals surface area contributed by atoms with Crippen LogP contribution >= 0.6 is 0 Å². The topological polar surface area (TPSA) is 83.6 Å². The molecule has 1 aromatic carbocycles. The van der Waals surface area contributed by atoms with Gasteiger partial charge >= 0.3 is 0 Å². The van der Waals surface area contributed by atoms with Gasteiger partial charge < -0.3 is 15.2 Å². The Bertz CT molecular complexity index is 822. The first-order valence-electron chi connectivity index (χ1n) is 8.17. The number of likely N-dealkylation sites (N-methyl/N-ethyl adjacent to an activating group) is 1. The van der Waals surface area contributed by atoms with Crippen molar-refractivity contribution < 1.29 is 4.79 Å². The minimum Gasteiger partial charge on any atom is -0.398 e. The zero-order valence-electron chi connectivity index (χ0n) is 14.1. The second kappa shape index (κ2) is 6.62. The van der Waals surface area contributed by atoms with E-state index in [1.165, 1.54) is 0 Å². The van der Waals surface area contributed by atoms with E-state index in [-0.39, 0.29) is 16.9 Å². The third kappa shape index (κ3) is 3.00. The number of aryl methyl sites for hydroxylation is 1. The number of carbonyl (C=O) groups excluding carboxylic acids is 1. The first kappa shape index (κ1) is 16.5. The van der Waals surface area contributed by atoms with Crippen molar-refractivity contribution in [3.05, 3.63) is 40.2 Å². The molecule has 1 amide bonds. The van der Waals surface area contributed by atoms with Crippen LogP contribution in [0.15, 0.2) is 29.2 Å². The van der Waals surface area contributed by atoms with Gasteiger partial charge in [0.25, 0.3) is 5.91 Å². The first-order valence-corrected chi connectivity index (χ1v) is 8.17. The van der Waals surface area contributed by atoms with E-state index < -0.39 is 0 Å². The molecule has 0 spiro atoms. The molecule has 0 radical (unpaired) electrons. The maximum atomic E-state index is 12.8. The molecule has 3 rings (SSSR count). The lowest BCUT2D eigenvalue weighted by atomic mass is 10.1. The molecule has 128 valence electrons. The second-order valence-electron chi connectivity index (χ2n) is 6.13. The second-order valence-corrected chi connectivity index (χ2v) is 6.13. The number of hydrazine groups is 1. The van der Waals surface area contributed by atoms with E-state index in [1.807, 2.05) is 35.7 Å². The van der Waals surface area contributed by atoms with Crippen LogP contribution in [0.1, 0.15) is 17.3 Å². The molecule has 1 aromatic heterocycles. The maximum absolute atomic E-state index is 12.8. The van der Waals surface area contributed by atoms with Crippen molar-refractivity contribution >= 4 is 22.5 Å². The Kier molecular flexibility index (Phi) is 4.55. The monoisotopic (exact) mass is 329 g/mol. The number of rotatable bonds is 3. The van der Waals surface area contributed by atoms with Crippen molar-refractivity contribution in [1.82, 2.24) is 19.9 Å². The number of fused-ring (bicyclic) bond motifs is 1. The van der Waals surface area contributed by atoms with Crippen molar-refractivity contribution in [2.45, 2.75) is 13.5 Å². The minimum absolute atomic E-state index is 0.126.